The number of nitrogens with zero attached hydrogens (tertiary/aromatic N) is 1. The summed E-state index contributed by atoms with van der Waals surface area (Å²) in [5.41, 5.74) is 6.46. The van der Waals surface area contributed by atoms with Crippen molar-refractivity contribution in [3.05, 3.63) is 95.8 Å². The third-order valence-electron chi connectivity index (χ3n) is 4.47. The molecule has 0 heterocycles. The summed E-state index contributed by atoms with van der Waals surface area (Å²) in [6, 6.07) is 23.3. The molecule has 5 nitrogen and oxygen atoms in total. The fourth-order valence-corrected chi connectivity index (χ4v) is 2.90. The second kappa shape index (κ2) is 10.1. The van der Waals surface area contributed by atoms with E-state index in [0.29, 0.717) is 6.42 Å². The molecule has 0 aliphatic rings. The zero-order valence-electron chi connectivity index (χ0n) is 16.6. The Morgan fingerprint density at radius 2 is 1.57 bits per heavy atom. The first-order valence-corrected chi connectivity index (χ1v) is 9.62. The highest BCUT2D eigenvalue weighted by atomic mass is 19.1. The monoisotopic (exact) mass is 403 g/mol. The van der Waals surface area contributed by atoms with Crippen LogP contribution in [0.25, 0.3) is 11.1 Å². The maximum Gasteiger partial charge on any atom is 0.259 e. The first-order chi connectivity index (χ1) is 14.6. The van der Waals surface area contributed by atoms with E-state index in [1.807, 2.05) is 61.5 Å². The lowest BCUT2D eigenvalue weighted by molar-refractivity contribution is -0.120. The van der Waals surface area contributed by atoms with Crippen LogP contribution < -0.4 is 10.7 Å². The molecule has 0 aliphatic carbocycles. The van der Waals surface area contributed by atoms with Gasteiger partial charge in [0.2, 0.25) is 0 Å². The van der Waals surface area contributed by atoms with Crippen molar-refractivity contribution < 1.29 is 14.0 Å². The summed E-state index contributed by atoms with van der Waals surface area (Å²) in [5.74, 6) is -1.50. The molecule has 0 spiro atoms. The highest BCUT2D eigenvalue weighted by Gasteiger charge is 2.09. The van der Waals surface area contributed by atoms with Crippen LogP contribution in [-0.4, -0.2) is 24.1 Å². The Kier molecular flexibility index (Phi) is 7.05. The SMILES string of the molecule is CC/C(=N/NC(=O)CNC(=O)c1cccc(F)c1)c1ccc(-c2ccccc2)cc1. The zero-order chi connectivity index (χ0) is 21.3. The molecule has 30 heavy (non-hydrogen) atoms. The smallest absolute Gasteiger partial charge is 0.259 e. The Bertz CT molecular complexity index is 1050. The highest BCUT2D eigenvalue weighted by Crippen LogP contribution is 2.19. The minimum Gasteiger partial charge on any atom is -0.343 e. The lowest BCUT2D eigenvalue weighted by atomic mass is 10.0. The molecular weight excluding hydrogens is 381 g/mol. The van der Waals surface area contributed by atoms with Gasteiger partial charge in [-0.15, -0.1) is 0 Å². The van der Waals surface area contributed by atoms with Crippen molar-refractivity contribution in [2.75, 3.05) is 6.54 Å². The van der Waals surface area contributed by atoms with Crippen molar-refractivity contribution in [1.82, 2.24) is 10.7 Å². The van der Waals surface area contributed by atoms with Gasteiger partial charge in [0.1, 0.15) is 5.82 Å². The van der Waals surface area contributed by atoms with E-state index < -0.39 is 17.6 Å². The molecule has 0 fully saturated rings. The van der Waals surface area contributed by atoms with Gasteiger partial charge in [-0.3, -0.25) is 9.59 Å². The van der Waals surface area contributed by atoms with Crippen molar-refractivity contribution in [2.24, 2.45) is 5.10 Å². The van der Waals surface area contributed by atoms with E-state index in [4.69, 9.17) is 0 Å². The maximum absolute atomic E-state index is 13.2. The van der Waals surface area contributed by atoms with Crippen LogP contribution in [0.15, 0.2) is 84.0 Å². The van der Waals surface area contributed by atoms with Crippen LogP contribution >= 0.6 is 0 Å². The van der Waals surface area contributed by atoms with E-state index >= 15 is 0 Å². The molecule has 0 aliphatic heterocycles. The summed E-state index contributed by atoms with van der Waals surface area (Å²) >= 11 is 0. The number of hydrogen-bond acceptors (Lipinski definition) is 3. The molecule has 2 amide bonds. The number of halogens is 1. The van der Waals surface area contributed by atoms with E-state index in [9.17, 15) is 14.0 Å². The Morgan fingerprint density at radius 1 is 0.867 bits per heavy atom. The maximum atomic E-state index is 13.2. The molecule has 0 bridgehead atoms. The molecule has 0 saturated carbocycles. The van der Waals surface area contributed by atoms with Crippen LogP contribution in [0.3, 0.4) is 0 Å². The van der Waals surface area contributed by atoms with Gasteiger partial charge < -0.3 is 5.32 Å². The molecule has 0 aromatic heterocycles. The van der Waals surface area contributed by atoms with E-state index in [2.05, 4.69) is 15.8 Å². The third-order valence-corrected chi connectivity index (χ3v) is 4.47. The molecule has 3 aromatic carbocycles. The fraction of sp³-hybridized carbons (Fsp3) is 0.125. The number of carbonyl (C=O) groups is 2. The summed E-state index contributed by atoms with van der Waals surface area (Å²) in [4.78, 5) is 24.0. The quantitative estimate of drug-likeness (QED) is 0.460. The van der Waals surface area contributed by atoms with Crippen LogP contribution in [-0.2, 0) is 4.79 Å². The third kappa shape index (κ3) is 5.61. The topological polar surface area (TPSA) is 70.6 Å². The van der Waals surface area contributed by atoms with Gasteiger partial charge in [0, 0.05) is 5.56 Å². The van der Waals surface area contributed by atoms with Gasteiger partial charge in [-0.1, -0.05) is 67.6 Å². The van der Waals surface area contributed by atoms with Crippen molar-refractivity contribution in [3.63, 3.8) is 0 Å². The molecule has 6 heteroatoms. The number of amides is 2. The standard InChI is InChI=1S/C24H22FN3O2/c1-2-22(19-13-11-18(12-14-19)17-7-4-3-5-8-17)27-28-23(29)16-26-24(30)20-9-6-10-21(25)15-20/h3-15H,2,16H2,1H3,(H,26,30)(H,28,29)/b27-22-. The summed E-state index contributed by atoms with van der Waals surface area (Å²) in [6.07, 6.45) is 0.626. The van der Waals surface area contributed by atoms with Gasteiger partial charge in [0.15, 0.2) is 0 Å². The molecule has 0 unspecified atom stereocenters. The highest BCUT2D eigenvalue weighted by molar-refractivity contribution is 6.01. The van der Waals surface area contributed by atoms with E-state index in [1.165, 1.54) is 18.2 Å². The van der Waals surface area contributed by atoms with Gasteiger partial charge in [0.05, 0.1) is 12.3 Å². The summed E-state index contributed by atoms with van der Waals surface area (Å²) in [6.45, 7) is 1.69. The number of carbonyl (C=O) groups excluding carboxylic acids is 2. The molecule has 2 N–H and O–H groups in total. The van der Waals surface area contributed by atoms with Crippen LogP contribution in [0.1, 0.15) is 29.3 Å². The summed E-state index contributed by atoms with van der Waals surface area (Å²) < 4.78 is 13.2. The second-order valence-electron chi connectivity index (χ2n) is 6.58. The number of rotatable bonds is 7. The minimum atomic E-state index is -0.527. The van der Waals surface area contributed by atoms with Crippen LogP contribution in [0.5, 0.6) is 0 Å². The molecule has 0 radical (unpaired) electrons. The van der Waals surface area contributed by atoms with Gasteiger partial charge in [-0.25, -0.2) is 9.82 Å². The summed E-state index contributed by atoms with van der Waals surface area (Å²) in [5, 5.41) is 6.63. The van der Waals surface area contributed by atoms with Gasteiger partial charge in [-0.2, -0.15) is 5.10 Å². The van der Waals surface area contributed by atoms with Crippen LogP contribution in [0.2, 0.25) is 0 Å². The normalized spacial score (nSPS) is 11.1. The Balaban J connectivity index is 1.58. The average molecular weight is 403 g/mol. The van der Waals surface area contributed by atoms with E-state index in [0.717, 1.165) is 28.5 Å². The first-order valence-electron chi connectivity index (χ1n) is 9.62. The van der Waals surface area contributed by atoms with Gasteiger partial charge in [-0.05, 0) is 41.3 Å². The Morgan fingerprint density at radius 3 is 2.23 bits per heavy atom. The molecule has 3 aromatic rings. The molecule has 0 saturated heterocycles. The Hall–Kier alpha value is -3.80. The fourth-order valence-electron chi connectivity index (χ4n) is 2.90. The molecule has 0 atom stereocenters. The van der Waals surface area contributed by atoms with E-state index in [1.54, 1.807) is 0 Å². The van der Waals surface area contributed by atoms with Crippen molar-refractivity contribution >= 4 is 17.5 Å². The molecular formula is C24H22FN3O2. The van der Waals surface area contributed by atoms with Gasteiger partial charge in [0.25, 0.3) is 11.8 Å². The largest absolute Gasteiger partial charge is 0.343 e. The number of hydrogen-bond donors (Lipinski definition) is 2. The first kappa shape index (κ1) is 20.9. The Labute approximate surface area is 174 Å². The molecule has 152 valence electrons. The number of nitrogens with one attached hydrogen (secondary N) is 2. The lowest BCUT2D eigenvalue weighted by Crippen LogP contribution is -2.35. The number of benzene rings is 3. The van der Waals surface area contributed by atoms with Crippen LogP contribution in [0.4, 0.5) is 4.39 Å². The van der Waals surface area contributed by atoms with Crippen LogP contribution in [0, 0.1) is 5.82 Å². The van der Waals surface area contributed by atoms with Gasteiger partial charge >= 0.3 is 0 Å². The average Bonchev–Trinajstić information content (AvgIpc) is 2.79. The van der Waals surface area contributed by atoms with E-state index in [-0.39, 0.29) is 12.1 Å². The minimum absolute atomic E-state index is 0.152. The predicted octanol–water partition coefficient (Wildman–Crippen LogP) is 4.15. The molecule has 3 rings (SSSR count). The summed E-state index contributed by atoms with van der Waals surface area (Å²) in [7, 11) is 0. The second-order valence-corrected chi connectivity index (χ2v) is 6.58. The zero-order valence-corrected chi connectivity index (χ0v) is 16.6. The number of hydrazone groups is 1. The van der Waals surface area contributed by atoms with Crippen molar-refractivity contribution in [3.8, 4) is 11.1 Å². The predicted molar refractivity (Wildman–Crippen MR) is 116 cm³/mol. The van der Waals surface area contributed by atoms with Crippen molar-refractivity contribution in [1.29, 1.82) is 0 Å². The van der Waals surface area contributed by atoms with Crippen molar-refractivity contribution in [2.45, 2.75) is 13.3 Å². The lowest BCUT2D eigenvalue weighted by Gasteiger charge is -2.08.